The molecule has 0 aliphatic rings. The zero-order valence-corrected chi connectivity index (χ0v) is 11.7. The van der Waals surface area contributed by atoms with Crippen LogP contribution in [0.3, 0.4) is 0 Å². The van der Waals surface area contributed by atoms with Crippen molar-refractivity contribution in [2.75, 3.05) is 0 Å². The number of pyridine rings is 1. The van der Waals surface area contributed by atoms with Crippen LogP contribution in [0.25, 0.3) is 11.3 Å². The van der Waals surface area contributed by atoms with E-state index in [2.05, 4.69) is 9.97 Å². The maximum Gasteiger partial charge on any atom is 0.424 e. The fourth-order valence-corrected chi connectivity index (χ4v) is 1.88. The molecule has 0 saturated carbocycles. The van der Waals surface area contributed by atoms with Crippen molar-refractivity contribution in [1.29, 1.82) is 0 Å². The Balaban J connectivity index is 1.74. The van der Waals surface area contributed by atoms with Crippen molar-refractivity contribution >= 4 is 11.8 Å². The first-order valence-corrected chi connectivity index (χ1v) is 6.54. The average Bonchev–Trinajstić information content (AvgIpc) is 3.06. The highest BCUT2D eigenvalue weighted by Gasteiger charge is 2.11. The van der Waals surface area contributed by atoms with E-state index in [1.165, 1.54) is 41.4 Å². The maximum absolute atomic E-state index is 12.0. The van der Waals surface area contributed by atoms with Gasteiger partial charge in [0.25, 0.3) is 5.69 Å². The van der Waals surface area contributed by atoms with E-state index in [4.69, 9.17) is 4.74 Å². The van der Waals surface area contributed by atoms with Crippen LogP contribution in [-0.4, -0.2) is 25.6 Å². The summed E-state index contributed by atoms with van der Waals surface area (Å²) in [6.07, 6.45) is 5.46. The molecule has 0 radical (unpaired) electrons. The smallest absolute Gasteiger partial charge is 0.410 e. The zero-order valence-electron chi connectivity index (χ0n) is 11.7. The molecular formula is C15H10N4O4. The molecule has 3 rings (SSSR count). The Labute approximate surface area is 130 Å². The third-order valence-corrected chi connectivity index (χ3v) is 3.00. The number of hydrogen-bond donors (Lipinski definition) is 0. The maximum atomic E-state index is 12.0. The molecular weight excluding hydrogens is 300 g/mol. The molecule has 8 heteroatoms. The van der Waals surface area contributed by atoms with Crippen molar-refractivity contribution in [3.63, 3.8) is 0 Å². The van der Waals surface area contributed by atoms with Crippen LogP contribution in [0.4, 0.5) is 10.5 Å². The number of carbonyl (C=O) groups excluding carboxylic acids is 1. The molecule has 114 valence electrons. The number of imidazole rings is 1. The van der Waals surface area contributed by atoms with Gasteiger partial charge in [-0.15, -0.1) is 0 Å². The Kier molecular flexibility index (Phi) is 3.79. The van der Waals surface area contributed by atoms with Crippen molar-refractivity contribution < 1.29 is 14.5 Å². The number of hydrogen-bond acceptors (Lipinski definition) is 6. The summed E-state index contributed by atoms with van der Waals surface area (Å²) >= 11 is 0. The second-order valence-electron chi connectivity index (χ2n) is 4.53. The van der Waals surface area contributed by atoms with E-state index in [1.807, 2.05) is 6.07 Å². The third kappa shape index (κ3) is 3.21. The molecule has 3 aromatic rings. The number of ether oxygens (including phenoxy) is 1. The summed E-state index contributed by atoms with van der Waals surface area (Å²) in [5.41, 5.74) is 1.28. The van der Waals surface area contributed by atoms with E-state index in [0.717, 1.165) is 5.56 Å². The standard InChI is InChI=1S/C15H10N4O4/c20-15(23-13-5-3-12(4-6-13)19(21)22)18-9-14(17-10-18)11-2-1-7-16-8-11/h1-10H. The normalized spacial score (nSPS) is 10.3. The van der Waals surface area contributed by atoms with E-state index in [-0.39, 0.29) is 11.4 Å². The van der Waals surface area contributed by atoms with E-state index < -0.39 is 11.0 Å². The number of benzene rings is 1. The highest BCUT2D eigenvalue weighted by Crippen LogP contribution is 2.19. The first-order chi connectivity index (χ1) is 11.1. The fourth-order valence-electron chi connectivity index (χ4n) is 1.88. The van der Waals surface area contributed by atoms with Crippen LogP contribution in [0.15, 0.2) is 61.3 Å². The monoisotopic (exact) mass is 310 g/mol. The van der Waals surface area contributed by atoms with Crippen molar-refractivity contribution in [3.05, 3.63) is 71.4 Å². The van der Waals surface area contributed by atoms with Crippen molar-refractivity contribution in [1.82, 2.24) is 14.5 Å². The lowest BCUT2D eigenvalue weighted by molar-refractivity contribution is -0.384. The Hall–Kier alpha value is -3.55. The molecule has 1 aromatic carbocycles. The van der Waals surface area contributed by atoms with Gasteiger partial charge in [-0.25, -0.2) is 14.3 Å². The third-order valence-electron chi connectivity index (χ3n) is 3.00. The number of aromatic nitrogens is 3. The molecule has 0 amide bonds. The quantitative estimate of drug-likeness (QED) is 0.544. The van der Waals surface area contributed by atoms with Gasteiger partial charge in [0.05, 0.1) is 10.6 Å². The summed E-state index contributed by atoms with van der Waals surface area (Å²) in [4.78, 5) is 30.2. The van der Waals surface area contributed by atoms with Gasteiger partial charge in [0, 0.05) is 36.3 Å². The highest BCUT2D eigenvalue weighted by atomic mass is 16.6. The highest BCUT2D eigenvalue weighted by molar-refractivity contribution is 5.74. The molecule has 0 atom stereocenters. The van der Waals surface area contributed by atoms with Crippen LogP contribution in [0.1, 0.15) is 0 Å². The molecule has 2 heterocycles. The van der Waals surface area contributed by atoms with Gasteiger partial charge in [0.15, 0.2) is 0 Å². The van der Waals surface area contributed by atoms with E-state index in [1.54, 1.807) is 18.5 Å². The fraction of sp³-hybridized carbons (Fsp3) is 0. The predicted octanol–water partition coefficient (Wildman–Crippen LogP) is 2.90. The molecule has 0 saturated heterocycles. The van der Waals surface area contributed by atoms with Gasteiger partial charge in [-0.1, -0.05) is 0 Å². The van der Waals surface area contributed by atoms with Crippen LogP contribution in [-0.2, 0) is 0 Å². The number of nitro groups is 1. The van der Waals surface area contributed by atoms with Crippen LogP contribution < -0.4 is 4.74 Å². The van der Waals surface area contributed by atoms with Gasteiger partial charge in [-0.2, -0.15) is 0 Å². The summed E-state index contributed by atoms with van der Waals surface area (Å²) in [5, 5.41) is 10.6. The topological polar surface area (TPSA) is 100 Å². The molecule has 23 heavy (non-hydrogen) atoms. The van der Waals surface area contributed by atoms with Crippen LogP contribution >= 0.6 is 0 Å². The molecule has 2 aromatic heterocycles. The summed E-state index contributed by atoms with van der Waals surface area (Å²) in [6.45, 7) is 0. The van der Waals surface area contributed by atoms with E-state index in [9.17, 15) is 14.9 Å². The largest absolute Gasteiger partial charge is 0.424 e. The first-order valence-electron chi connectivity index (χ1n) is 6.54. The van der Waals surface area contributed by atoms with Gasteiger partial charge in [-0.05, 0) is 24.3 Å². The Morgan fingerprint density at radius 1 is 1.22 bits per heavy atom. The number of nitrogens with zero attached hydrogens (tertiary/aromatic N) is 4. The number of nitro benzene ring substituents is 1. The first kappa shape index (κ1) is 14.4. The molecule has 0 unspecified atom stereocenters. The summed E-state index contributed by atoms with van der Waals surface area (Å²) in [7, 11) is 0. The lowest BCUT2D eigenvalue weighted by atomic mass is 10.2. The Bertz CT molecular complexity index is 843. The second kappa shape index (κ2) is 6.06. The predicted molar refractivity (Wildman–Crippen MR) is 80.0 cm³/mol. The lowest BCUT2D eigenvalue weighted by Crippen LogP contribution is -2.14. The average molecular weight is 310 g/mol. The number of rotatable bonds is 3. The van der Waals surface area contributed by atoms with Gasteiger partial charge < -0.3 is 4.74 Å². The summed E-state index contributed by atoms with van der Waals surface area (Å²) in [5.74, 6) is 0.206. The molecule has 0 N–H and O–H groups in total. The van der Waals surface area contributed by atoms with Gasteiger partial charge in [-0.3, -0.25) is 15.1 Å². The summed E-state index contributed by atoms with van der Waals surface area (Å²) < 4.78 is 6.31. The molecule has 0 spiro atoms. The molecule has 0 aliphatic carbocycles. The molecule has 0 fully saturated rings. The van der Waals surface area contributed by atoms with Gasteiger partial charge >= 0.3 is 6.09 Å². The minimum Gasteiger partial charge on any atom is -0.410 e. The van der Waals surface area contributed by atoms with Crippen molar-refractivity contribution in [2.24, 2.45) is 0 Å². The minimum absolute atomic E-state index is 0.0775. The van der Waals surface area contributed by atoms with Crippen LogP contribution in [0.2, 0.25) is 0 Å². The summed E-state index contributed by atoms with van der Waals surface area (Å²) in [6, 6.07) is 8.82. The van der Waals surface area contributed by atoms with Gasteiger partial charge in [0.2, 0.25) is 0 Å². The van der Waals surface area contributed by atoms with E-state index in [0.29, 0.717) is 5.69 Å². The molecule has 0 aliphatic heterocycles. The van der Waals surface area contributed by atoms with Crippen molar-refractivity contribution in [2.45, 2.75) is 0 Å². The minimum atomic E-state index is -0.665. The lowest BCUT2D eigenvalue weighted by Gasteiger charge is -2.03. The number of carbonyl (C=O) groups is 1. The second-order valence-corrected chi connectivity index (χ2v) is 4.53. The molecule has 8 nitrogen and oxygen atoms in total. The Morgan fingerprint density at radius 3 is 2.65 bits per heavy atom. The molecule has 0 bridgehead atoms. The Morgan fingerprint density at radius 2 is 2.00 bits per heavy atom. The van der Waals surface area contributed by atoms with Crippen LogP contribution in [0.5, 0.6) is 5.75 Å². The zero-order chi connectivity index (χ0) is 16.2. The number of non-ortho nitro benzene ring substituents is 1. The SMILES string of the molecule is O=C(Oc1ccc([N+](=O)[O-])cc1)n1cnc(-c2cccnc2)c1. The van der Waals surface area contributed by atoms with Crippen LogP contribution in [0, 0.1) is 10.1 Å². The van der Waals surface area contributed by atoms with E-state index >= 15 is 0 Å². The van der Waals surface area contributed by atoms with Crippen molar-refractivity contribution in [3.8, 4) is 17.0 Å². The van der Waals surface area contributed by atoms with Gasteiger partial charge in [0.1, 0.15) is 12.1 Å².